The lowest BCUT2D eigenvalue weighted by molar-refractivity contribution is -0.119. The smallest absolute Gasteiger partial charge is 0.229 e. The van der Waals surface area contributed by atoms with Crippen molar-refractivity contribution in [3.8, 4) is 0 Å². The van der Waals surface area contributed by atoms with E-state index in [1.54, 1.807) is 0 Å². The SMILES string of the molecule is Cc1nc(C2=C(NC(=O)Cc3ccc(CO)cc3)SC=S2C)n[nH]1. The first-order chi connectivity index (χ1) is 11.6. The Labute approximate surface area is 146 Å². The summed E-state index contributed by atoms with van der Waals surface area (Å²) in [5.41, 5.74) is 1.74. The first-order valence-electron chi connectivity index (χ1n) is 7.33. The summed E-state index contributed by atoms with van der Waals surface area (Å²) in [6.45, 7) is 1.86. The molecule has 2 aromatic rings. The summed E-state index contributed by atoms with van der Waals surface area (Å²) in [4.78, 5) is 17.7. The number of hydrogen-bond donors (Lipinski definition) is 3. The highest BCUT2D eigenvalue weighted by atomic mass is 32.2. The summed E-state index contributed by atoms with van der Waals surface area (Å²) in [6.07, 6.45) is 2.37. The van der Waals surface area contributed by atoms with Crippen molar-refractivity contribution in [3.05, 3.63) is 52.1 Å². The van der Waals surface area contributed by atoms with Crippen molar-refractivity contribution in [3.63, 3.8) is 0 Å². The number of rotatable bonds is 5. The fraction of sp³-hybridized carbons (Fsp3) is 0.250. The van der Waals surface area contributed by atoms with Gasteiger partial charge in [-0.3, -0.25) is 9.89 Å². The lowest BCUT2D eigenvalue weighted by atomic mass is 10.1. The molecule has 0 spiro atoms. The largest absolute Gasteiger partial charge is 0.392 e. The molecule has 0 saturated carbocycles. The molecule has 6 nitrogen and oxygen atoms in total. The number of aliphatic hydroxyl groups excluding tert-OH is 1. The quantitative estimate of drug-likeness (QED) is 0.708. The Hall–Kier alpha value is -1.90. The summed E-state index contributed by atoms with van der Waals surface area (Å²) in [7, 11) is -0.116. The van der Waals surface area contributed by atoms with Crippen LogP contribution in [0.25, 0.3) is 4.91 Å². The highest BCUT2D eigenvalue weighted by Gasteiger charge is 2.22. The number of aryl methyl sites for hydroxylation is 1. The van der Waals surface area contributed by atoms with Crippen LogP contribution in [0.3, 0.4) is 0 Å². The molecule has 1 aliphatic rings. The zero-order valence-electron chi connectivity index (χ0n) is 13.4. The molecule has 1 amide bonds. The van der Waals surface area contributed by atoms with Crippen LogP contribution >= 0.6 is 22.2 Å². The normalized spacial score (nSPS) is 17.0. The molecule has 1 atom stereocenters. The van der Waals surface area contributed by atoms with Crippen LogP contribution in [-0.4, -0.2) is 37.2 Å². The van der Waals surface area contributed by atoms with Gasteiger partial charge in [0.05, 0.1) is 23.0 Å². The topological polar surface area (TPSA) is 90.9 Å². The highest BCUT2D eigenvalue weighted by Crippen LogP contribution is 2.42. The Morgan fingerprint density at radius 3 is 2.67 bits per heavy atom. The Morgan fingerprint density at radius 1 is 1.33 bits per heavy atom. The number of aromatic amines is 1. The second-order valence-corrected chi connectivity index (χ2v) is 8.31. The number of aliphatic hydroxyl groups is 1. The maximum absolute atomic E-state index is 12.3. The molecular weight excluding hydrogens is 344 g/mol. The van der Waals surface area contributed by atoms with Gasteiger partial charge in [0, 0.05) is 4.70 Å². The number of amides is 1. The van der Waals surface area contributed by atoms with E-state index >= 15 is 0 Å². The van der Waals surface area contributed by atoms with E-state index < -0.39 is 0 Å². The Morgan fingerprint density at radius 2 is 2.04 bits per heavy atom. The standard InChI is InChI=1S/C16H18N4O2S2/c1-10-17-15(20-19-10)14-16(23-9-24(14)2)18-13(22)7-11-3-5-12(8-21)6-4-11/h3-6,9,21H,7-8H2,1-2H3,(H,18,22)(H,17,19,20). The van der Waals surface area contributed by atoms with Crippen LogP contribution in [0.1, 0.15) is 22.8 Å². The van der Waals surface area contributed by atoms with E-state index in [-0.39, 0.29) is 29.4 Å². The van der Waals surface area contributed by atoms with E-state index in [4.69, 9.17) is 5.11 Å². The molecule has 0 saturated heterocycles. The van der Waals surface area contributed by atoms with Gasteiger partial charge in [-0.2, -0.15) is 5.10 Å². The lowest BCUT2D eigenvalue weighted by Crippen LogP contribution is -2.23. The van der Waals surface area contributed by atoms with Crippen LogP contribution in [0.5, 0.6) is 0 Å². The van der Waals surface area contributed by atoms with Crippen molar-refractivity contribution in [2.75, 3.05) is 6.26 Å². The summed E-state index contributed by atoms with van der Waals surface area (Å²) >= 11 is 1.52. The van der Waals surface area contributed by atoms with Gasteiger partial charge < -0.3 is 10.4 Å². The lowest BCUT2D eigenvalue weighted by Gasteiger charge is -2.08. The number of nitrogens with zero attached hydrogens (tertiary/aromatic N) is 2. The van der Waals surface area contributed by atoms with E-state index in [0.29, 0.717) is 5.82 Å². The van der Waals surface area contributed by atoms with E-state index in [2.05, 4.69) is 31.5 Å². The van der Waals surface area contributed by atoms with Crippen molar-refractivity contribution in [2.45, 2.75) is 20.0 Å². The Kier molecular flexibility index (Phi) is 5.17. The fourth-order valence-corrected chi connectivity index (χ4v) is 5.24. The van der Waals surface area contributed by atoms with Gasteiger partial charge in [-0.05, 0) is 24.3 Å². The van der Waals surface area contributed by atoms with Crippen LogP contribution < -0.4 is 5.32 Å². The van der Waals surface area contributed by atoms with Crippen LogP contribution in [0.15, 0.2) is 29.3 Å². The minimum absolute atomic E-state index is 0.00406. The third-order valence-electron chi connectivity index (χ3n) is 3.46. The molecule has 0 aliphatic carbocycles. The Balaban J connectivity index is 1.73. The fourth-order valence-electron chi connectivity index (χ4n) is 2.26. The second kappa shape index (κ2) is 7.33. The predicted octanol–water partition coefficient (Wildman–Crippen LogP) is 2.00. The molecule has 2 heterocycles. The second-order valence-electron chi connectivity index (χ2n) is 5.37. The maximum Gasteiger partial charge on any atom is 0.229 e. The van der Waals surface area contributed by atoms with Gasteiger partial charge in [-0.15, -0.1) is 10.5 Å². The number of carbonyl (C=O) groups is 1. The minimum atomic E-state index is -0.116. The zero-order chi connectivity index (χ0) is 17.1. The Bertz CT molecular complexity index is 825. The first kappa shape index (κ1) is 16.9. The zero-order valence-corrected chi connectivity index (χ0v) is 15.0. The molecule has 8 heteroatoms. The molecule has 1 unspecified atom stereocenters. The molecule has 1 aromatic heterocycles. The molecule has 0 radical (unpaired) electrons. The molecule has 126 valence electrons. The number of hydrogen-bond acceptors (Lipinski definition) is 5. The number of nitrogens with one attached hydrogen (secondary N) is 2. The summed E-state index contributed by atoms with van der Waals surface area (Å²) in [5.74, 6) is 1.31. The average Bonchev–Trinajstić information content (AvgIpc) is 3.14. The van der Waals surface area contributed by atoms with Gasteiger partial charge in [0.1, 0.15) is 5.82 Å². The number of aromatic nitrogens is 3. The van der Waals surface area contributed by atoms with Gasteiger partial charge in [0.25, 0.3) is 0 Å². The molecule has 0 bridgehead atoms. The molecule has 1 aliphatic heterocycles. The third kappa shape index (κ3) is 3.77. The monoisotopic (exact) mass is 362 g/mol. The number of benzene rings is 1. The van der Waals surface area contributed by atoms with Crippen LogP contribution in [0, 0.1) is 6.92 Å². The van der Waals surface area contributed by atoms with Crippen molar-refractivity contribution in [1.29, 1.82) is 0 Å². The molecular formula is C16H18N4O2S2. The van der Waals surface area contributed by atoms with Crippen molar-refractivity contribution >= 4 is 37.8 Å². The van der Waals surface area contributed by atoms with Gasteiger partial charge in [0.2, 0.25) is 5.91 Å². The molecule has 3 N–H and O–H groups in total. The predicted molar refractivity (Wildman–Crippen MR) is 99.4 cm³/mol. The maximum atomic E-state index is 12.3. The number of H-pyrrole nitrogens is 1. The molecule has 24 heavy (non-hydrogen) atoms. The van der Waals surface area contributed by atoms with Crippen LogP contribution in [-0.2, 0) is 17.8 Å². The van der Waals surface area contributed by atoms with E-state index in [1.165, 1.54) is 11.8 Å². The number of thioether (sulfide) groups is 1. The summed E-state index contributed by atoms with van der Waals surface area (Å²) < 4.78 is 2.09. The van der Waals surface area contributed by atoms with Crippen molar-refractivity contribution in [2.24, 2.45) is 0 Å². The first-order valence-corrected chi connectivity index (χ1v) is 9.91. The van der Waals surface area contributed by atoms with Gasteiger partial charge in [-0.1, -0.05) is 36.0 Å². The van der Waals surface area contributed by atoms with Gasteiger partial charge in [0.15, 0.2) is 5.82 Å². The van der Waals surface area contributed by atoms with Gasteiger partial charge in [-0.25, -0.2) is 4.98 Å². The summed E-state index contributed by atoms with van der Waals surface area (Å²) in [5, 5.41) is 19.9. The molecule has 1 aromatic carbocycles. The van der Waals surface area contributed by atoms with E-state index in [9.17, 15) is 4.79 Å². The van der Waals surface area contributed by atoms with Crippen molar-refractivity contribution in [1.82, 2.24) is 20.5 Å². The third-order valence-corrected chi connectivity index (χ3v) is 6.70. The minimum Gasteiger partial charge on any atom is -0.392 e. The van der Waals surface area contributed by atoms with E-state index in [0.717, 1.165) is 26.9 Å². The summed E-state index contributed by atoms with van der Waals surface area (Å²) in [6, 6.07) is 7.37. The highest BCUT2D eigenvalue weighted by molar-refractivity contribution is 8.40. The van der Waals surface area contributed by atoms with Crippen LogP contribution in [0.4, 0.5) is 0 Å². The van der Waals surface area contributed by atoms with Crippen molar-refractivity contribution < 1.29 is 9.90 Å². The van der Waals surface area contributed by atoms with E-state index in [1.807, 2.05) is 31.2 Å². The van der Waals surface area contributed by atoms with Gasteiger partial charge >= 0.3 is 0 Å². The number of carbonyl (C=O) groups excluding carboxylic acids is 1. The van der Waals surface area contributed by atoms with Crippen LogP contribution in [0.2, 0.25) is 0 Å². The molecule has 3 rings (SSSR count). The molecule has 0 fully saturated rings. The average molecular weight is 362 g/mol.